The third-order valence-corrected chi connectivity index (χ3v) is 7.00. The maximum absolute atomic E-state index is 13.4. The summed E-state index contributed by atoms with van der Waals surface area (Å²) < 4.78 is 33.9. The molecule has 1 aromatic heterocycles. The van der Waals surface area contributed by atoms with Crippen molar-refractivity contribution in [1.29, 1.82) is 0 Å². The number of nitrogens with one attached hydrogen (secondary N) is 2. The zero-order chi connectivity index (χ0) is 27.1. The van der Waals surface area contributed by atoms with Crippen LogP contribution in [0.3, 0.4) is 0 Å². The van der Waals surface area contributed by atoms with Gasteiger partial charge in [-0.05, 0) is 41.2 Å². The van der Waals surface area contributed by atoms with Gasteiger partial charge in [0.1, 0.15) is 22.0 Å². The Labute approximate surface area is 310 Å². The van der Waals surface area contributed by atoms with Gasteiger partial charge in [0, 0.05) is 23.1 Å². The standard InChI is InChI=1S/C21H18N6O8S2.2K/c1-21(2)8-14(28)24-17-12(25-26-20-22-9-15(36-20)27(31)32)7-13(18(29)16(17)21)23-19(30)10-4-3-5-11(6-10)37(33,34)35;;/h3-7,9,29H,8H2,1-2H3,(H,23,30)(H,24,28)(H,33,34,35);;/q;2*+1/p-2. The molecular weight excluding hydrogens is 607 g/mol. The van der Waals surface area contributed by atoms with Gasteiger partial charge < -0.3 is 20.3 Å². The van der Waals surface area contributed by atoms with E-state index in [9.17, 15) is 37.8 Å². The number of benzene rings is 2. The first-order valence-electron chi connectivity index (χ1n) is 10.3. The first-order chi connectivity index (χ1) is 17.3. The average molecular weight is 623 g/mol. The number of thiazole rings is 1. The number of hydrogen-bond donors (Lipinski definition) is 2. The van der Waals surface area contributed by atoms with E-state index >= 15 is 0 Å². The second-order valence-electron chi connectivity index (χ2n) is 8.51. The Morgan fingerprint density at radius 3 is 2.54 bits per heavy atom. The number of hydrogen-bond acceptors (Lipinski definition) is 12. The molecule has 0 aliphatic carbocycles. The van der Waals surface area contributed by atoms with Crippen molar-refractivity contribution in [2.24, 2.45) is 10.2 Å². The number of anilines is 2. The minimum Gasteiger partial charge on any atom is -0.871 e. The first-order valence-corrected chi connectivity index (χ1v) is 12.6. The fraction of sp³-hybridized carbons (Fsp3) is 0.190. The minimum absolute atomic E-state index is 0. The number of nitro groups is 1. The Morgan fingerprint density at radius 2 is 1.92 bits per heavy atom. The third-order valence-electron chi connectivity index (χ3n) is 5.34. The van der Waals surface area contributed by atoms with Crippen LogP contribution in [0.5, 0.6) is 5.75 Å². The summed E-state index contributed by atoms with van der Waals surface area (Å²) in [5.41, 5.74) is -1.23. The average Bonchev–Trinajstić information content (AvgIpc) is 3.28. The molecule has 2 amide bonds. The molecule has 0 saturated heterocycles. The SMILES string of the molecule is CC1(C)CC(=O)Nc2c(N=Nc3ncc([N+](=O)[O-])s3)cc(NC(=O)c3cccc(S(=O)(=O)[O-])c3)c([O-])c21.[K+].[K+]. The molecule has 4 rings (SSSR count). The van der Waals surface area contributed by atoms with Gasteiger partial charge in [-0.3, -0.25) is 19.7 Å². The smallest absolute Gasteiger partial charge is 0.871 e. The van der Waals surface area contributed by atoms with E-state index in [1.807, 2.05) is 0 Å². The molecule has 1 aliphatic heterocycles. The molecular formula is C21H16K2N6O8S2. The van der Waals surface area contributed by atoms with Crippen LogP contribution in [-0.4, -0.2) is 34.7 Å². The van der Waals surface area contributed by atoms with E-state index < -0.39 is 37.0 Å². The number of amides is 2. The normalized spacial score (nSPS) is 14.0. The van der Waals surface area contributed by atoms with E-state index in [1.165, 1.54) is 12.1 Å². The maximum atomic E-state index is 13.4. The molecule has 0 spiro atoms. The van der Waals surface area contributed by atoms with Gasteiger partial charge in [-0.2, -0.15) is 0 Å². The predicted octanol–water partition coefficient (Wildman–Crippen LogP) is -2.68. The van der Waals surface area contributed by atoms with Crippen molar-refractivity contribution in [3.8, 4) is 5.75 Å². The Kier molecular flexibility index (Phi) is 11.7. The Morgan fingerprint density at radius 1 is 1.23 bits per heavy atom. The largest absolute Gasteiger partial charge is 1.00 e. The molecule has 0 bridgehead atoms. The number of azo groups is 1. The molecule has 0 saturated carbocycles. The molecule has 1 aliphatic rings. The maximum Gasteiger partial charge on any atom is 1.00 e. The van der Waals surface area contributed by atoms with Crippen LogP contribution in [0, 0.1) is 10.1 Å². The van der Waals surface area contributed by atoms with Gasteiger partial charge in [-0.15, -0.1) is 10.2 Å². The summed E-state index contributed by atoms with van der Waals surface area (Å²) in [5.74, 6) is -1.88. The number of carbonyl (C=O) groups is 2. The summed E-state index contributed by atoms with van der Waals surface area (Å²) in [6.07, 6.45) is 0.966. The van der Waals surface area contributed by atoms with Crippen molar-refractivity contribution in [3.63, 3.8) is 0 Å². The van der Waals surface area contributed by atoms with Gasteiger partial charge in [0.2, 0.25) is 11.0 Å². The molecule has 0 unspecified atom stereocenters. The number of rotatable bonds is 6. The molecule has 3 aromatic rings. The van der Waals surface area contributed by atoms with Gasteiger partial charge in [0.25, 0.3) is 5.91 Å². The second-order valence-corrected chi connectivity index (χ2v) is 10.9. The topological polar surface area (TPSA) is 219 Å². The van der Waals surface area contributed by atoms with E-state index in [4.69, 9.17) is 0 Å². The van der Waals surface area contributed by atoms with Gasteiger partial charge in [0.15, 0.2) is 0 Å². The minimum atomic E-state index is -4.82. The second kappa shape index (κ2) is 13.3. The van der Waals surface area contributed by atoms with Crippen LogP contribution in [0.2, 0.25) is 0 Å². The van der Waals surface area contributed by atoms with Gasteiger partial charge in [0.05, 0.1) is 15.5 Å². The molecule has 39 heavy (non-hydrogen) atoms. The summed E-state index contributed by atoms with van der Waals surface area (Å²) in [5, 5.41) is 36.8. The summed E-state index contributed by atoms with van der Waals surface area (Å²) >= 11 is 0.652. The fourth-order valence-corrected chi connectivity index (χ4v) is 4.81. The van der Waals surface area contributed by atoms with E-state index in [0.717, 1.165) is 24.4 Å². The zero-order valence-corrected chi connectivity index (χ0v) is 28.9. The Bertz CT molecular complexity index is 1610. The molecule has 2 N–H and O–H groups in total. The van der Waals surface area contributed by atoms with E-state index in [2.05, 4.69) is 25.8 Å². The number of fused-ring (bicyclic) bond motifs is 1. The van der Waals surface area contributed by atoms with Gasteiger partial charge in [-0.25, -0.2) is 13.4 Å². The van der Waals surface area contributed by atoms with Crippen molar-refractivity contribution in [2.75, 3.05) is 10.6 Å². The molecule has 14 nitrogen and oxygen atoms in total. The van der Waals surface area contributed by atoms with Crippen LogP contribution in [0.4, 0.5) is 27.2 Å². The van der Waals surface area contributed by atoms with Crippen LogP contribution in [0.25, 0.3) is 0 Å². The van der Waals surface area contributed by atoms with Crippen LogP contribution in [0.15, 0.2) is 51.7 Å². The molecule has 192 valence electrons. The van der Waals surface area contributed by atoms with Crippen molar-refractivity contribution >= 4 is 60.5 Å². The van der Waals surface area contributed by atoms with Crippen LogP contribution in [-0.2, 0) is 20.3 Å². The number of nitrogens with zero attached hydrogens (tertiary/aromatic N) is 4. The molecule has 0 radical (unpaired) electrons. The quantitative estimate of drug-likeness (QED) is 0.0961. The summed E-state index contributed by atoms with van der Waals surface area (Å²) in [6, 6.07) is 5.52. The van der Waals surface area contributed by atoms with Crippen molar-refractivity contribution in [2.45, 2.75) is 30.6 Å². The van der Waals surface area contributed by atoms with Crippen LogP contribution >= 0.6 is 11.3 Å². The fourth-order valence-electron chi connectivity index (χ4n) is 3.74. The third kappa shape index (κ3) is 7.84. The predicted molar refractivity (Wildman–Crippen MR) is 127 cm³/mol. The first kappa shape index (κ1) is 34.2. The Hall–Kier alpha value is -1.01. The van der Waals surface area contributed by atoms with Crippen molar-refractivity contribution in [3.05, 3.63) is 57.8 Å². The van der Waals surface area contributed by atoms with Crippen LogP contribution in [0.1, 0.15) is 36.2 Å². The molecule has 2 aromatic carbocycles. The summed E-state index contributed by atoms with van der Waals surface area (Å²) in [4.78, 5) is 38.6. The van der Waals surface area contributed by atoms with E-state index in [-0.39, 0.29) is 153 Å². The van der Waals surface area contributed by atoms with E-state index in [1.54, 1.807) is 13.8 Å². The number of aromatic nitrogens is 1. The van der Waals surface area contributed by atoms with Crippen molar-refractivity contribution < 1.29 is 135 Å². The van der Waals surface area contributed by atoms with E-state index in [0.29, 0.717) is 11.3 Å². The van der Waals surface area contributed by atoms with Crippen LogP contribution < -0.4 is 119 Å². The molecule has 0 atom stereocenters. The zero-order valence-electron chi connectivity index (χ0n) is 21.0. The molecule has 0 fully saturated rings. The summed E-state index contributed by atoms with van der Waals surface area (Å²) in [6.45, 7) is 3.32. The Balaban J connectivity index is 0.00000267. The summed E-state index contributed by atoms with van der Waals surface area (Å²) in [7, 11) is -4.82. The molecule has 18 heteroatoms. The van der Waals surface area contributed by atoms with Gasteiger partial charge >= 0.3 is 108 Å². The monoisotopic (exact) mass is 622 g/mol. The van der Waals surface area contributed by atoms with Crippen molar-refractivity contribution in [1.82, 2.24) is 4.98 Å². The van der Waals surface area contributed by atoms with Gasteiger partial charge in [-0.1, -0.05) is 25.7 Å². The molecule has 2 heterocycles. The number of carbonyl (C=O) groups excluding carboxylic acids is 2.